The van der Waals surface area contributed by atoms with E-state index >= 15 is 0 Å². The number of pyridine rings is 1. The van der Waals surface area contributed by atoms with E-state index in [2.05, 4.69) is 48.2 Å². The fourth-order valence-electron chi connectivity index (χ4n) is 2.34. The highest BCUT2D eigenvalue weighted by molar-refractivity contribution is 6.30. The van der Waals surface area contributed by atoms with Gasteiger partial charge in [-0.05, 0) is 42.8 Å². The van der Waals surface area contributed by atoms with Crippen molar-refractivity contribution >= 4 is 17.3 Å². The maximum absolute atomic E-state index is 6.10. The van der Waals surface area contributed by atoms with Crippen LogP contribution in [0.4, 0.5) is 5.69 Å². The lowest BCUT2D eigenvalue weighted by Gasteiger charge is -2.29. The molecule has 0 aliphatic heterocycles. The molecule has 3 nitrogen and oxygen atoms in total. The smallest absolute Gasteiger partial charge is 0.0600 e. The number of anilines is 1. The molecule has 0 saturated heterocycles. The van der Waals surface area contributed by atoms with Crippen LogP contribution in [0.25, 0.3) is 0 Å². The third-order valence-corrected chi connectivity index (χ3v) is 3.98. The van der Waals surface area contributed by atoms with Gasteiger partial charge in [0.25, 0.3) is 0 Å². The SMILES string of the molecule is CCNCc1ccncc1N(C)C(C)c1cccc(Cl)c1. The van der Waals surface area contributed by atoms with Gasteiger partial charge in [-0.1, -0.05) is 30.7 Å². The minimum atomic E-state index is 0.230. The minimum Gasteiger partial charge on any atom is -0.366 e. The highest BCUT2D eigenvalue weighted by Crippen LogP contribution is 2.28. The van der Waals surface area contributed by atoms with Crippen molar-refractivity contribution in [3.05, 3.63) is 58.9 Å². The zero-order valence-electron chi connectivity index (χ0n) is 12.8. The molecule has 0 bridgehead atoms. The van der Waals surface area contributed by atoms with Crippen LogP contribution in [-0.4, -0.2) is 18.6 Å². The molecule has 1 unspecified atom stereocenters. The predicted octanol–water partition coefficient (Wildman–Crippen LogP) is 4.04. The number of nitrogens with one attached hydrogen (secondary N) is 1. The van der Waals surface area contributed by atoms with Crippen LogP contribution in [0.1, 0.15) is 31.0 Å². The van der Waals surface area contributed by atoms with Crippen molar-refractivity contribution < 1.29 is 0 Å². The first kappa shape index (κ1) is 15.8. The molecule has 0 aliphatic rings. The normalized spacial score (nSPS) is 12.2. The Morgan fingerprint density at radius 2 is 2.14 bits per heavy atom. The van der Waals surface area contributed by atoms with Crippen LogP contribution < -0.4 is 10.2 Å². The molecule has 112 valence electrons. The second-order valence-corrected chi connectivity index (χ2v) is 5.56. The Kier molecular flexibility index (Phi) is 5.59. The largest absolute Gasteiger partial charge is 0.366 e. The molecule has 0 saturated carbocycles. The highest BCUT2D eigenvalue weighted by Gasteiger charge is 2.15. The summed E-state index contributed by atoms with van der Waals surface area (Å²) < 4.78 is 0. The van der Waals surface area contributed by atoms with Crippen molar-refractivity contribution in [3.8, 4) is 0 Å². The van der Waals surface area contributed by atoms with Gasteiger partial charge in [-0.25, -0.2) is 0 Å². The van der Waals surface area contributed by atoms with E-state index in [1.165, 1.54) is 11.1 Å². The van der Waals surface area contributed by atoms with Crippen LogP contribution in [0.2, 0.25) is 5.02 Å². The first-order chi connectivity index (χ1) is 10.1. The number of hydrogen-bond donors (Lipinski definition) is 1. The third-order valence-electron chi connectivity index (χ3n) is 3.75. The molecule has 0 spiro atoms. The van der Waals surface area contributed by atoms with Crippen LogP contribution in [0.3, 0.4) is 0 Å². The molecule has 1 atom stereocenters. The number of aromatic nitrogens is 1. The van der Waals surface area contributed by atoms with Gasteiger partial charge in [0.2, 0.25) is 0 Å². The summed E-state index contributed by atoms with van der Waals surface area (Å²) in [7, 11) is 2.10. The lowest BCUT2D eigenvalue weighted by atomic mass is 10.1. The molecule has 0 amide bonds. The summed E-state index contributed by atoms with van der Waals surface area (Å²) in [6.45, 7) is 6.09. The molecule has 0 fully saturated rings. The average molecular weight is 304 g/mol. The Labute approximate surface area is 132 Å². The van der Waals surface area contributed by atoms with Crippen molar-refractivity contribution in [2.75, 3.05) is 18.5 Å². The van der Waals surface area contributed by atoms with E-state index in [1.807, 2.05) is 30.6 Å². The fourth-order valence-corrected chi connectivity index (χ4v) is 2.54. The molecule has 1 aromatic carbocycles. The summed E-state index contributed by atoms with van der Waals surface area (Å²) in [5.74, 6) is 0. The summed E-state index contributed by atoms with van der Waals surface area (Å²) in [5.41, 5.74) is 3.59. The van der Waals surface area contributed by atoms with Gasteiger partial charge in [0.05, 0.1) is 17.9 Å². The maximum Gasteiger partial charge on any atom is 0.0600 e. The van der Waals surface area contributed by atoms with Crippen LogP contribution >= 0.6 is 11.6 Å². The molecular weight excluding hydrogens is 282 g/mol. The Hall–Kier alpha value is -1.58. The van der Waals surface area contributed by atoms with Gasteiger partial charge in [0.15, 0.2) is 0 Å². The second kappa shape index (κ2) is 7.43. The number of hydrogen-bond acceptors (Lipinski definition) is 3. The standard InChI is InChI=1S/C17H22ClN3/c1-4-19-11-15-8-9-20-12-17(15)21(3)13(2)14-6-5-7-16(18)10-14/h5-10,12-13,19H,4,11H2,1-3H3. The lowest BCUT2D eigenvalue weighted by Crippen LogP contribution is -2.24. The Bertz CT molecular complexity index is 586. The zero-order chi connectivity index (χ0) is 15.2. The molecule has 0 aliphatic carbocycles. The van der Waals surface area contributed by atoms with Crippen molar-refractivity contribution in [2.45, 2.75) is 26.4 Å². The molecule has 2 aromatic rings. The van der Waals surface area contributed by atoms with Gasteiger partial charge in [-0.3, -0.25) is 4.98 Å². The van der Waals surface area contributed by atoms with Crippen molar-refractivity contribution in [3.63, 3.8) is 0 Å². The zero-order valence-corrected chi connectivity index (χ0v) is 13.6. The summed E-state index contributed by atoms with van der Waals surface area (Å²) >= 11 is 6.10. The molecule has 2 rings (SSSR count). The van der Waals surface area contributed by atoms with E-state index in [1.54, 1.807) is 0 Å². The minimum absolute atomic E-state index is 0.230. The molecular formula is C17H22ClN3. The van der Waals surface area contributed by atoms with Gasteiger partial charge in [-0.2, -0.15) is 0 Å². The number of nitrogens with zero attached hydrogens (tertiary/aromatic N) is 2. The lowest BCUT2D eigenvalue weighted by molar-refractivity contribution is 0.702. The van der Waals surface area contributed by atoms with Crippen LogP contribution in [0.5, 0.6) is 0 Å². The molecule has 1 aromatic heterocycles. The monoisotopic (exact) mass is 303 g/mol. The molecule has 1 N–H and O–H groups in total. The number of benzene rings is 1. The number of halogens is 1. The Balaban J connectivity index is 2.24. The quantitative estimate of drug-likeness (QED) is 0.873. The van der Waals surface area contributed by atoms with E-state index in [4.69, 9.17) is 11.6 Å². The van der Waals surface area contributed by atoms with Crippen LogP contribution in [-0.2, 0) is 6.54 Å². The first-order valence-corrected chi connectivity index (χ1v) is 7.63. The van der Waals surface area contributed by atoms with Gasteiger partial charge in [0.1, 0.15) is 0 Å². The van der Waals surface area contributed by atoms with E-state index in [0.29, 0.717) is 0 Å². The Morgan fingerprint density at radius 1 is 1.33 bits per heavy atom. The summed E-state index contributed by atoms with van der Waals surface area (Å²) in [5, 5.41) is 4.14. The fraction of sp³-hybridized carbons (Fsp3) is 0.353. The second-order valence-electron chi connectivity index (χ2n) is 5.13. The van der Waals surface area contributed by atoms with Gasteiger partial charge in [-0.15, -0.1) is 0 Å². The van der Waals surface area contributed by atoms with E-state index in [-0.39, 0.29) is 6.04 Å². The van der Waals surface area contributed by atoms with Gasteiger partial charge < -0.3 is 10.2 Å². The summed E-state index contributed by atoms with van der Waals surface area (Å²) in [4.78, 5) is 6.51. The Morgan fingerprint density at radius 3 is 2.86 bits per heavy atom. The van der Waals surface area contributed by atoms with Crippen LogP contribution in [0, 0.1) is 0 Å². The van der Waals surface area contributed by atoms with E-state index in [9.17, 15) is 0 Å². The van der Waals surface area contributed by atoms with Crippen LogP contribution in [0.15, 0.2) is 42.7 Å². The van der Waals surface area contributed by atoms with Crippen molar-refractivity contribution in [1.82, 2.24) is 10.3 Å². The molecule has 1 heterocycles. The van der Waals surface area contributed by atoms with Crippen molar-refractivity contribution in [1.29, 1.82) is 0 Å². The van der Waals surface area contributed by atoms with E-state index in [0.717, 1.165) is 23.8 Å². The average Bonchev–Trinajstić information content (AvgIpc) is 2.51. The first-order valence-electron chi connectivity index (χ1n) is 7.25. The van der Waals surface area contributed by atoms with E-state index < -0.39 is 0 Å². The summed E-state index contributed by atoms with van der Waals surface area (Å²) in [6.07, 6.45) is 3.77. The molecule has 0 radical (unpaired) electrons. The number of rotatable bonds is 6. The van der Waals surface area contributed by atoms with Gasteiger partial charge >= 0.3 is 0 Å². The molecule has 4 heteroatoms. The summed E-state index contributed by atoms with van der Waals surface area (Å²) in [6, 6.07) is 10.3. The maximum atomic E-state index is 6.10. The topological polar surface area (TPSA) is 28.2 Å². The third kappa shape index (κ3) is 3.96. The predicted molar refractivity (Wildman–Crippen MR) is 89.9 cm³/mol. The highest BCUT2D eigenvalue weighted by atomic mass is 35.5. The molecule has 21 heavy (non-hydrogen) atoms. The van der Waals surface area contributed by atoms with Crippen molar-refractivity contribution in [2.24, 2.45) is 0 Å². The van der Waals surface area contributed by atoms with Gasteiger partial charge in [0, 0.05) is 24.8 Å².